The van der Waals surface area contributed by atoms with Crippen LogP contribution in [0.15, 0.2) is 47.4 Å². The third-order valence-electron chi connectivity index (χ3n) is 3.94. The Bertz CT molecular complexity index is 788. The van der Waals surface area contributed by atoms with E-state index in [0.717, 1.165) is 24.8 Å². The van der Waals surface area contributed by atoms with Crippen LogP contribution < -0.4 is 61.2 Å². The van der Waals surface area contributed by atoms with E-state index in [1.807, 2.05) is 0 Å². The second-order valence-corrected chi connectivity index (χ2v) is 7.40. The summed E-state index contributed by atoms with van der Waals surface area (Å²) in [6.45, 7) is 2.16. The van der Waals surface area contributed by atoms with Crippen molar-refractivity contribution in [3.05, 3.63) is 48.0 Å². The molecule has 0 aliphatic carbocycles. The molecule has 2 aromatic rings. The predicted octanol–water partition coefficient (Wildman–Crippen LogP) is 1.32. The molecule has 0 aromatic heterocycles. The summed E-state index contributed by atoms with van der Waals surface area (Å²) in [5.74, 6) is 0.693. The van der Waals surface area contributed by atoms with Crippen LogP contribution in [0.5, 0.6) is 17.2 Å². The summed E-state index contributed by atoms with van der Waals surface area (Å²) in [5, 5.41) is 11.2. The smallest absolute Gasteiger partial charge is 0.872 e. The Hall–Kier alpha value is -0.414. The summed E-state index contributed by atoms with van der Waals surface area (Å²) in [7, 11) is -4.30. The van der Waals surface area contributed by atoms with Crippen molar-refractivity contribution < 1.29 is 74.2 Å². The van der Waals surface area contributed by atoms with Gasteiger partial charge in [0.05, 0.1) is 4.90 Å². The molecule has 0 aliphatic rings. The largest absolute Gasteiger partial charge is 1.00 e. The number of unbranched alkanes of at least 4 members (excludes halogenated alkanes) is 4. The molecular weight excluding hydrogens is 379 g/mol. The first-order valence-electron chi connectivity index (χ1n) is 8.45. The van der Waals surface area contributed by atoms with Crippen molar-refractivity contribution in [3.8, 4) is 17.2 Å². The van der Waals surface area contributed by atoms with Gasteiger partial charge in [-0.2, -0.15) is 8.42 Å². The van der Waals surface area contributed by atoms with Crippen LogP contribution in [0, 0.1) is 0 Å². The third kappa shape index (κ3) is 7.68. The first-order chi connectivity index (χ1) is 11.9. The van der Waals surface area contributed by atoms with Crippen LogP contribution in [-0.2, 0) is 16.5 Å². The molecule has 0 unspecified atom stereocenters. The zero-order valence-electron chi connectivity index (χ0n) is 15.3. The van der Waals surface area contributed by atoms with E-state index < -0.39 is 10.1 Å². The first-order valence-corrected chi connectivity index (χ1v) is 9.89. The van der Waals surface area contributed by atoms with Gasteiger partial charge in [-0.25, -0.2) is 0 Å². The topological polar surface area (TPSA) is 86.7 Å². The molecule has 0 aliphatic heterocycles. The van der Waals surface area contributed by atoms with Gasteiger partial charge in [0.2, 0.25) is 0 Å². The minimum Gasteiger partial charge on any atom is -0.872 e. The molecule has 0 atom stereocenters. The quantitative estimate of drug-likeness (QED) is 0.388. The van der Waals surface area contributed by atoms with Crippen LogP contribution in [0.2, 0.25) is 0 Å². The predicted molar refractivity (Wildman–Crippen MR) is 94.7 cm³/mol. The van der Waals surface area contributed by atoms with Gasteiger partial charge in [-0.05, 0) is 36.6 Å². The Kier molecular flexibility index (Phi) is 10.4. The number of rotatable bonds is 9. The van der Waals surface area contributed by atoms with Gasteiger partial charge in [0, 0.05) is 6.07 Å². The summed E-state index contributed by atoms with van der Waals surface area (Å²) < 4.78 is 37.8. The number of hydrogen-bond donors (Lipinski definition) is 1. The molecule has 0 bridgehead atoms. The molecular formula is C19H23KO5S. The Morgan fingerprint density at radius 2 is 1.65 bits per heavy atom. The third-order valence-corrected chi connectivity index (χ3v) is 4.79. The van der Waals surface area contributed by atoms with Gasteiger partial charge in [-0.15, -0.1) is 5.75 Å². The van der Waals surface area contributed by atoms with E-state index in [0.29, 0.717) is 11.5 Å². The van der Waals surface area contributed by atoms with E-state index in [-0.39, 0.29) is 62.0 Å². The maximum absolute atomic E-state index is 11.4. The molecule has 0 saturated carbocycles. The van der Waals surface area contributed by atoms with Crippen molar-refractivity contribution in [2.75, 3.05) is 0 Å². The fourth-order valence-electron chi connectivity index (χ4n) is 2.55. The molecule has 0 radical (unpaired) electrons. The van der Waals surface area contributed by atoms with Crippen molar-refractivity contribution in [3.63, 3.8) is 0 Å². The molecule has 1 N–H and O–H groups in total. The fraction of sp³-hybridized carbons (Fsp3) is 0.368. The molecule has 0 heterocycles. The van der Waals surface area contributed by atoms with E-state index >= 15 is 0 Å². The van der Waals surface area contributed by atoms with Gasteiger partial charge in [-0.3, -0.25) is 4.55 Å². The summed E-state index contributed by atoms with van der Waals surface area (Å²) in [5.41, 5.74) is 0.870. The van der Waals surface area contributed by atoms with Crippen molar-refractivity contribution in [1.82, 2.24) is 0 Å². The summed E-state index contributed by atoms with van der Waals surface area (Å²) >= 11 is 0. The Morgan fingerprint density at radius 1 is 1.00 bits per heavy atom. The van der Waals surface area contributed by atoms with E-state index in [1.165, 1.54) is 55.7 Å². The average Bonchev–Trinajstić information content (AvgIpc) is 2.57. The van der Waals surface area contributed by atoms with Gasteiger partial charge >= 0.3 is 51.4 Å². The van der Waals surface area contributed by atoms with Gasteiger partial charge in [0.15, 0.2) is 0 Å². The molecule has 0 saturated heterocycles. The SMILES string of the molecule is CCCCCCCc1ccc(S(=O)(=O)O)cc1Oc1ccc([O-])cc1.[K+]. The number of ether oxygens (including phenoxy) is 1. The number of benzene rings is 2. The number of hydrogen-bond acceptors (Lipinski definition) is 4. The number of aryl methyl sites for hydroxylation is 1. The molecule has 0 spiro atoms. The van der Waals surface area contributed by atoms with Crippen LogP contribution in [0.4, 0.5) is 0 Å². The standard InChI is InChI=1S/C19H24O5S.K/c1-2-3-4-5-6-7-15-8-13-18(25(21,22)23)14-19(15)24-17-11-9-16(20)10-12-17;/h8-14,20H,2-7H2,1H3,(H,21,22,23);/q;+1/p-1. The maximum Gasteiger partial charge on any atom is 1.00 e. The van der Waals surface area contributed by atoms with Crippen molar-refractivity contribution in [1.29, 1.82) is 0 Å². The molecule has 26 heavy (non-hydrogen) atoms. The molecule has 2 aromatic carbocycles. The van der Waals surface area contributed by atoms with Crippen LogP contribution in [0.3, 0.4) is 0 Å². The second-order valence-electron chi connectivity index (χ2n) is 5.98. The second kappa shape index (κ2) is 11.4. The Labute approximate surface area is 198 Å². The average molecular weight is 403 g/mol. The van der Waals surface area contributed by atoms with Crippen LogP contribution >= 0.6 is 0 Å². The molecule has 5 nitrogen and oxygen atoms in total. The molecule has 136 valence electrons. The molecule has 7 heteroatoms. The molecule has 2 rings (SSSR count). The summed E-state index contributed by atoms with van der Waals surface area (Å²) in [4.78, 5) is -0.210. The van der Waals surface area contributed by atoms with Gasteiger partial charge in [0.25, 0.3) is 10.1 Å². The fourth-order valence-corrected chi connectivity index (χ4v) is 3.05. The van der Waals surface area contributed by atoms with Crippen LogP contribution in [0.25, 0.3) is 0 Å². The minimum atomic E-state index is -4.30. The maximum atomic E-state index is 11.4. The van der Waals surface area contributed by atoms with Crippen LogP contribution in [0.1, 0.15) is 44.6 Å². The van der Waals surface area contributed by atoms with E-state index in [2.05, 4.69) is 6.92 Å². The normalized spacial score (nSPS) is 11.0. The van der Waals surface area contributed by atoms with Crippen molar-refractivity contribution in [2.45, 2.75) is 50.3 Å². The first kappa shape index (κ1) is 23.6. The summed E-state index contributed by atoms with van der Waals surface area (Å²) in [6, 6.07) is 10.2. The summed E-state index contributed by atoms with van der Waals surface area (Å²) in [6.07, 6.45) is 6.37. The van der Waals surface area contributed by atoms with Crippen molar-refractivity contribution >= 4 is 10.1 Å². The molecule has 0 fully saturated rings. The van der Waals surface area contributed by atoms with E-state index in [1.54, 1.807) is 6.07 Å². The van der Waals surface area contributed by atoms with Crippen LogP contribution in [-0.4, -0.2) is 13.0 Å². The minimum absolute atomic E-state index is 0. The van der Waals surface area contributed by atoms with E-state index in [4.69, 9.17) is 4.74 Å². The zero-order chi connectivity index (χ0) is 18.3. The Balaban J connectivity index is 0.00000338. The van der Waals surface area contributed by atoms with Gasteiger partial charge in [-0.1, -0.05) is 50.8 Å². The molecule has 0 amide bonds. The van der Waals surface area contributed by atoms with Gasteiger partial charge in [0.1, 0.15) is 11.5 Å². The monoisotopic (exact) mass is 402 g/mol. The Morgan fingerprint density at radius 3 is 2.27 bits per heavy atom. The van der Waals surface area contributed by atoms with Gasteiger partial charge < -0.3 is 9.84 Å². The zero-order valence-corrected chi connectivity index (χ0v) is 19.2. The van der Waals surface area contributed by atoms with E-state index in [9.17, 15) is 18.1 Å². The van der Waals surface area contributed by atoms with Crippen molar-refractivity contribution in [2.24, 2.45) is 0 Å².